The van der Waals surface area contributed by atoms with E-state index in [0.29, 0.717) is 23.1 Å². The minimum atomic E-state index is -0.965. The van der Waals surface area contributed by atoms with Crippen molar-refractivity contribution in [3.05, 3.63) is 34.1 Å². The number of carbonyl (C=O) groups excluding carboxylic acids is 1. The molecule has 5 nitrogen and oxygen atoms in total. The Labute approximate surface area is 131 Å². The number of carboxylic acid groups (broad SMARTS) is 1. The Morgan fingerprint density at radius 1 is 1.43 bits per heavy atom. The minimum absolute atomic E-state index is 0.175. The van der Waals surface area contributed by atoms with Crippen molar-refractivity contribution in [3.63, 3.8) is 0 Å². The fourth-order valence-electron chi connectivity index (χ4n) is 1.88. The van der Waals surface area contributed by atoms with Crippen molar-refractivity contribution in [1.29, 1.82) is 0 Å². The van der Waals surface area contributed by atoms with Crippen LogP contribution < -0.4 is 5.32 Å². The first-order chi connectivity index (χ1) is 9.79. The van der Waals surface area contributed by atoms with Gasteiger partial charge in [0.2, 0.25) is 5.91 Å². The molecule has 0 bridgehead atoms. The third-order valence-corrected chi connectivity index (χ3v) is 3.44. The zero-order valence-corrected chi connectivity index (χ0v) is 13.5. The van der Waals surface area contributed by atoms with Crippen LogP contribution in [0.2, 0.25) is 0 Å². The summed E-state index contributed by atoms with van der Waals surface area (Å²) < 4.78 is 14.0. The second kappa shape index (κ2) is 8.09. The van der Waals surface area contributed by atoms with Gasteiger partial charge in [-0.1, -0.05) is 15.9 Å². The highest BCUT2D eigenvalue weighted by Crippen LogP contribution is 2.17. The summed E-state index contributed by atoms with van der Waals surface area (Å²) in [7, 11) is 0. The van der Waals surface area contributed by atoms with Gasteiger partial charge < -0.3 is 10.4 Å². The summed E-state index contributed by atoms with van der Waals surface area (Å²) in [6.07, 6.45) is 0. The molecule has 1 atom stereocenters. The van der Waals surface area contributed by atoms with Gasteiger partial charge in [-0.3, -0.25) is 14.5 Å². The van der Waals surface area contributed by atoms with Gasteiger partial charge in [0.05, 0.1) is 0 Å². The number of amides is 1. The molecular formula is C14H18BrFN2O3. The van der Waals surface area contributed by atoms with Crippen LogP contribution in [0.4, 0.5) is 4.39 Å². The Kier molecular flexibility index (Phi) is 6.77. The molecule has 7 heteroatoms. The van der Waals surface area contributed by atoms with E-state index in [9.17, 15) is 14.0 Å². The van der Waals surface area contributed by atoms with E-state index in [0.717, 1.165) is 0 Å². The largest absolute Gasteiger partial charge is 0.480 e. The van der Waals surface area contributed by atoms with Gasteiger partial charge >= 0.3 is 5.97 Å². The Morgan fingerprint density at radius 2 is 2.10 bits per heavy atom. The van der Waals surface area contributed by atoms with Crippen molar-refractivity contribution < 1.29 is 19.1 Å². The van der Waals surface area contributed by atoms with E-state index in [-0.39, 0.29) is 18.3 Å². The summed E-state index contributed by atoms with van der Waals surface area (Å²) in [5.41, 5.74) is 0.665. The molecule has 0 heterocycles. The molecule has 1 aromatic carbocycles. The molecule has 0 aliphatic carbocycles. The zero-order valence-electron chi connectivity index (χ0n) is 11.9. The van der Waals surface area contributed by atoms with E-state index < -0.39 is 12.0 Å². The SMILES string of the molecule is CC(=O)NCCN(Cc1cc(F)cc(Br)c1)C(C)C(=O)O. The van der Waals surface area contributed by atoms with Crippen LogP contribution in [0.1, 0.15) is 19.4 Å². The lowest BCUT2D eigenvalue weighted by atomic mass is 10.1. The van der Waals surface area contributed by atoms with E-state index in [1.165, 1.54) is 19.1 Å². The first kappa shape index (κ1) is 17.6. The van der Waals surface area contributed by atoms with Crippen LogP contribution >= 0.6 is 15.9 Å². The molecule has 0 saturated heterocycles. The van der Waals surface area contributed by atoms with Crippen LogP contribution in [0.15, 0.2) is 22.7 Å². The Hall–Kier alpha value is -1.47. The van der Waals surface area contributed by atoms with Crippen molar-refractivity contribution in [2.24, 2.45) is 0 Å². The molecule has 0 aromatic heterocycles. The number of hydrogen-bond acceptors (Lipinski definition) is 3. The summed E-state index contributed by atoms with van der Waals surface area (Å²) in [6.45, 7) is 3.94. The number of rotatable bonds is 7. The molecule has 0 fully saturated rings. The number of halogens is 2. The molecule has 0 aliphatic rings. The number of carboxylic acids is 1. The average Bonchev–Trinajstić information content (AvgIpc) is 2.34. The van der Waals surface area contributed by atoms with Crippen LogP contribution in [0.25, 0.3) is 0 Å². The van der Waals surface area contributed by atoms with Crippen molar-refractivity contribution in [3.8, 4) is 0 Å². The van der Waals surface area contributed by atoms with E-state index in [1.807, 2.05) is 0 Å². The monoisotopic (exact) mass is 360 g/mol. The van der Waals surface area contributed by atoms with E-state index in [1.54, 1.807) is 17.9 Å². The summed E-state index contributed by atoms with van der Waals surface area (Å²) in [4.78, 5) is 23.7. The van der Waals surface area contributed by atoms with Crippen LogP contribution in [0.5, 0.6) is 0 Å². The smallest absolute Gasteiger partial charge is 0.320 e. The lowest BCUT2D eigenvalue weighted by Gasteiger charge is -2.26. The topological polar surface area (TPSA) is 69.6 Å². The number of aliphatic carboxylic acids is 1. The fraction of sp³-hybridized carbons (Fsp3) is 0.429. The summed E-state index contributed by atoms with van der Waals surface area (Å²) in [6, 6.07) is 3.71. The molecule has 116 valence electrons. The fourth-order valence-corrected chi connectivity index (χ4v) is 2.39. The first-order valence-electron chi connectivity index (χ1n) is 6.46. The third-order valence-electron chi connectivity index (χ3n) is 2.99. The van der Waals surface area contributed by atoms with Crippen LogP contribution in [0, 0.1) is 5.82 Å². The third kappa shape index (κ3) is 6.22. The molecule has 2 N–H and O–H groups in total. The predicted molar refractivity (Wildman–Crippen MR) is 80.3 cm³/mol. The highest BCUT2D eigenvalue weighted by molar-refractivity contribution is 9.10. The second-order valence-electron chi connectivity index (χ2n) is 4.75. The van der Waals surface area contributed by atoms with Crippen LogP contribution in [-0.4, -0.2) is 41.0 Å². The number of carbonyl (C=O) groups is 2. The summed E-state index contributed by atoms with van der Waals surface area (Å²) in [5, 5.41) is 11.8. The van der Waals surface area contributed by atoms with Crippen molar-refractivity contribution in [2.75, 3.05) is 13.1 Å². The molecule has 1 amide bonds. The van der Waals surface area contributed by atoms with Gasteiger partial charge in [-0.15, -0.1) is 0 Å². The number of benzene rings is 1. The molecule has 0 radical (unpaired) electrons. The van der Waals surface area contributed by atoms with Gasteiger partial charge in [0.15, 0.2) is 0 Å². The summed E-state index contributed by atoms with van der Waals surface area (Å²) >= 11 is 3.21. The van der Waals surface area contributed by atoms with Crippen molar-refractivity contribution in [2.45, 2.75) is 26.4 Å². The average molecular weight is 361 g/mol. The molecule has 1 unspecified atom stereocenters. The van der Waals surface area contributed by atoms with Crippen LogP contribution in [0.3, 0.4) is 0 Å². The van der Waals surface area contributed by atoms with E-state index in [2.05, 4.69) is 21.2 Å². The van der Waals surface area contributed by atoms with Gasteiger partial charge in [-0.2, -0.15) is 0 Å². The van der Waals surface area contributed by atoms with Crippen LogP contribution in [-0.2, 0) is 16.1 Å². The molecule has 0 aliphatic heterocycles. The van der Waals surface area contributed by atoms with Gasteiger partial charge in [0, 0.05) is 31.0 Å². The molecule has 1 rings (SSSR count). The number of nitrogens with zero attached hydrogens (tertiary/aromatic N) is 1. The standard InChI is InChI=1S/C14H18BrFN2O3/c1-9(14(20)21)18(4-3-17-10(2)19)8-11-5-12(15)7-13(16)6-11/h5-7,9H,3-4,8H2,1-2H3,(H,17,19)(H,20,21). The van der Waals surface area contributed by atoms with Gasteiger partial charge in [-0.05, 0) is 30.7 Å². The lowest BCUT2D eigenvalue weighted by molar-refractivity contribution is -0.142. The van der Waals surface area contributed by atoms with Gasteiger partial charge in [0.25, 0.3) is 0 Å². The molecule has 0 saturated carbocycles. The maximum Gasteiger partial charge on any atom is 0.320 e. The van der Waals surface area contributed by atoms with E-state index >= 15 is 0 Å². The quantitative estimate of drug-likeness (QED) is 0.780. The zero-order chi connectivity index (χ0) is 16.0. The Morgan fingerprint density at radius 3 is 2.62 bits per heavy atom. The maximum absolute atomic E-state index is 13.4. The highest BCUT2D eigenvalue weighted by Gasteiger charge is 2.20. The summed E-state index contributed by atoms with van der Waals surface area (Å²) in [5.74, 6) is -1.52. The second-order valence-corrected chi connectivity index (χ2v) is 5.66. The van der Waals surface area contributed by atoms with Crippen molar-refractivity contribution >= 4 is 27.8 Å². The predicted octanol–water partition coefficient (Wildman–Crippen LogP) is 2.00. The Bertz CT molecular complexity index is 505. The molecule has 21 heavy (non-hydrogen) atoms. The molecular weight excluding hydrogens is 343 g/mol. The number of hydrogen-bond donors (Lipinski definition) is 2. The normalized spacial score (nSPS) is 12.2. The highest BCUT2D eigenvalue weighted by atomic mass is 79.9. The van der Waals surface area contributed by atoms with E-state index in [4.69, 9.17) is 5.11 Å². The lowest BCUT2D eigenvalue weighted by Crippen LogP contribution is -2.42. The maximum atomic E-state index is 13.4. The first-order valence-corrected chi connectivity index (χ1v) is 7.25. The van der Waals surface area contributed by atoms with Gasteiger partial charge in [-0.25, -0.2) is 4.39 Å². The Balaban J connectivity index is 2.80. The van der Waals surface area contributed by atoms with Crippen molar-refractivity contribution in [1.82, 2.24) is 10.2 Å². The molecule has 1 aromatic rings. The molecule has 0 spiro atoms. The number of nitrogens with one attached hydrogen (secondary N) is 1. The minimum Gasteiger partial charge on any atom is -0.480 e. The van der Waals surface area contributed by atoms with Gasteiger partial charge in [0.1, 0.15) is 11.9 Å².